The van der Waals surface area contributed by atoms with Gasteiger partial charge >= 0.3 is 0 Å². The molecule has 2 amide bonds. The van der Waals surface area contributed by atoms with Crippen LogP contribution in [0.3, 0.4) is 0 Å². The predicted molar refractivity (Wildman–Crippen MR) is 108 cm³/mol. The summed E-state index contributed by atoms with van der Waals surface area (Å²) in [6.45, 7) is 5.68. The van der Waals surface area contributed by atoms with E-state index in [9.17, 15) is 9.59 Å². The summed E-state index contributed by atoms with van der Waals surface area (Å²) in [6.07, 6.45) is 7.91. The fourth-order valence-electron chi connectivity index (χ4n) is 3.46. The van der Waals surface area contributed by atoms with Gasteiger partial charge in [0.2, 0.25) is 0 Å². The molecule has 1 fully saturated rings. The maximum absolute atomic E-state index is 12.9. The maximum Gasteiger partial charge on any atom is 0.263 e. The van der Waals surface area contributed by atoms with E-state index in [1.165, 1.54) is 10.4 Å². The molecule has 0 saturated carbocycles. The SMILES string of the molecule is CCCc1sc(C(=O)N2CCC(NC(=O)c3cccnc3)CC2)cc1CC. The lowest BCUT2D eigenvalue weighted by Crippen LogP contribution is -2.46. The Morgan fingerprint density at radius 3 is 2.70 bits per heavy atom. The molecule has 0 unspecified atom stereocenters. The van der Waals surface area contributed by atoms with Crippen LogP contribution in [0, 0.1) is 0 Å². The number of likely N-dealkylation sites (tertiary alicyclic amines) is 1. The number of nitrogens with zero attached hydrogens (tertiary/aromatic N) is 2. The molecule has 3 rings (SSSR count). The number of rotatable bonds is 6. The number of carbonyl (C=O) groups is 2. The molecule has 1 saturated heterocycles. The molecule has 2 aromatic rings. The molecular formula is C21H27N3O2S. The maximum atomic E-state index is 12.9. The Hall–Kier alpha value is -2.21. The first kappa shape index (κ1) is 19.5. The van der Waals surface area contributed by atoms with Gasteiger partial charge in [-0.1, -0.05) is 20.3 Å². The summed E-state index contributed by atoms with van der Waals surface area (Å²) in [5.41, 5.74) is 1.88. The third-order valence-electron chi connectivity index (χ3n) is 5.01. The van der Waals surface area contributed by atoms with Crippen molar-refractivity contribution in [3.8, 4) is 0 Å². The van der Waals surface area contributed by atoms with E-state index >= 15 is 0 Å². The molecule has 1 aliphatic heterocycles. The van der Waals surface area contributed by atoms with Crippen LogP contribution >= 0.6 is 11.3 Å². The predicted octanol–water partition coefficient (Wildman–Crippen LogP) is 3.69. The highest BCUT2D eigenvalue weighted by molar-refractivity contribution is 7.14. The first-order chi connectivity index (χ1) is 13.1. The summed E-state index contributed by atoms with van der Waals surface area (Å²) in [6, 6.07) is 5.70. The normalized spacial score (nSPS) is 15.0. The Morgan fingerprint density at radius 1 is 1.30 bits per heavy atom. The van der Waals surface area contributed by atoms with E-state index in [1.54, 1.807) is 35.9 Å². The van der Waals surface area contributed by atoms with Crippen molar-refractivity contribution >= 4 is 23.2 Å². The van der Waals surface area contributed by atoms with Crippen LogP contribution in [0.25, 0.3) is 0 Å². The number of nitrogens with one attached hydrogen (secondary N) is 1. The van der Waals surface area contributed by atoms with Gasteiger partial charge in [0.25, 0.3) is 11.8 Å². The lowest BCUT2D eigenvalue weighted by molar-refractivity contribution is 0.0702. The minimum atomic E-state index is -0.0945. The number of aryl methyl sites for hydroxylation is 2. The first-order valence-corrected chi connectivity index (χ1v) is 10.6. The molecule has 0 aliphatic carbocycles. The molecule has 0 atom stereocenters. The van der Waals surface area contributed by atoms with Gasteiger partial charge in [0, 0.05) is 36.4 Å². The lowest BCUT2D eigenvalue weighted by Gasteiger charge is -2.32. The number of hydrogen-bond donors (Lipinski definition) is 1. The molecule has 6 heteroatoms. The van der Waals surface area contributed by atoms with Crippen LogP contribution in [-0.2, 0) is 12.8 Å². The molecule has 0 spiro atoms. The minimum Gasteiger partial charge on any atom is -0.349 e. The fraction of sp³-hybridized carbons (Fsp3) is 0.476. The number of amides is 2. The average Bonchev–Trinajstić information content (AvgIpc) is 3.12. The van der Waals surface area contributed by atoms with E-state index in [2.05, 4.69) is 30.2 Å². The van der Waals surface area contributed by atoms with Gasteiger partial charge < -0.3 is 10.2 Å². The third-order valence-corrected chi connectivity index (χ3v) is 6.23. The van der Waals surface area contributed by atoms with Crippen LogP contribution in [0.2, 0.25) is 0 Å². The summed E-state index contributed by atoms with van der Waals surface area (Å²) in [7, 11) is 0. The van der Waals surface area contributed by atoms with Gasteiger partial charge in [-0.05, 0) is 49.4 Å². The molecule has 1 aliphatic rings. The topological polar surface area (TPSA) is 62.3 Å². The average molecular weight is 386 g/mol. The molecule has 0 radical (unpaired) electrons. The molecular weight excluding hydrogens is 358 g/mol. The number of pyridine rings is 1. The summed E-state index contributed by atoms with van der Waals surface area (Å²) in [5, 5.41) is 3.06. The molecule has 3 heterocycles. The van der Waals surface area contributed by atoms with Crippen molar-refractivity contribution in [2.75, 3.05) is 13.1 Å². The fourth-order valence-corrected chi connectivity index (χ4v) is 4.78. The molecule has 27 heavy (non-hydrogen) atoms. The van der Waals surface area contributed by atoms with E-state index in [4.69, 9.17) is 0 Å². The van der Waals surface area contributed by atoms with E-state index < -0.39 is 0 Å². The van der Waals surface area contributed by atoms with Crippen molar-refractivity contribution in [3.63, 3.8) is 0 Å². The van der Waals surface area contributed by atoms with Gasteiger partial charge in [0.1, 0.15) is 0 Å². The van der Waals surface area contributed by atoms with Crippen molar-refractivity contribution in [1.29, 1.82) is 0 Å². The summed E-state index contributed by atoms with van der Waals surface area (Å²) in [4.78, 5) is 33.2. The smallest absolute Gasteiger partial charge is 0.263 e. The Bertz CT molecular complexity index is 780. The quantitative estimate of drug-likeness (QED) is 0.825. The highest BCUT2D eigenvalue weighted by Gasteiger charge is 2.26. The standard InChI is InChI=1S/C21H27N3O2S/c1-3-6-18-15(4-2)13-19(27-18)21(26)24-11-8-17(9-12-24)23-20(25)16-7-5-10-22-14-16/h5,7,10,13-14,17H,3-4,6,8-9,11-12H2,1-2H3,(H,23,25). The Balaban J connectivity index is 1.56. The van der Waals surface area contributed by atoms with Crippen LogP contribution in [0.4, 0.5) is 0 Å². The number of thiophene rings is 1. The van der Waals surface area contributed by atoms with Crippen molar-refractivity contribution < 1.29 is 9.59 Å². The third kappa shape index (κ3) is 4.75. The number of aromatic nitrogens is 1. The zero-order chi connectivity index (χ0) is 19.2. The van der Waals surface area contributed by atoms with Crippen molar-refractivity contribution in [2.45, 2.75) is 52.0 Å². The van der Waals surface area contributed by atoms with E-state index in [-0.39, 0.29) is 17.9 Å². The van der Waals surface area contributed by atoms with Crippen LogP contribution < -0.4 is 5.32 Å². The lowest BCUT2D eigenvalue weighted by atomic mass is 10.0. The Labute approximate surface area is 164 Å². The zero-order valence-corrected chi connectivity index (χ0v) is 16.8. The summed E-state index contributed by atoms with van der Waals surface area (Å²) in [5.74, 6) is 0.0389. The van der Waals surface area contributed by atoms with Crippen molar-refractivity contribution in [3.05, 3.63) is 51.5 Å². The van der Waals surface area contributed by atoms with Gasteiger partial charge in [0.05, 0.1) is 10.4 Å². The number of carbonyl (C=O) groups excluding carboxylic acids is 2. The van der Waals surface area contributed by atoms with E-state index in [0.29, 0.717) is 18.7 Å². The van der Waals surface area contributed by atoms with Gasteiger partial charge in [-0.2, -0.15) is 0 Å². The molecule has 5 nitrogen and oxygen atoms in total. The largest absolute Gasteiger partial charge is 0.349 e. The van der Waals surface area contributed by atoms with Gasteiger partial charge in [0.15, 0.2) is 0 Å². The first-order valence-electron chi connectivity index (χ1n) is 9.74. The van der Waals surface area contributed by atoms with E-state index in [1.807, 2.05) is 4.90 Å². The van der Waals surface area contributed by atoms with Gasteiger partial charge in [-0.25, -0.2) is 0 Å². The Kier molecular flexibility index (Phi) is 6.61. The summed E-state index contributed by atoms with van der Waals surface area (Å²) >= 11 is 1.65. The van der Waals surface area contributed by atoms with Crippen LogP contribution in [0.1, 0.15) is 63.6 Å². The second kappa shape index (κ2) is 9.13. The number of hydrogen-bond acceptors (Lipinski definition) is 4. The second-order valence-electron chi connectivity index (χ2n) is 6.94. The molecule has 144 valence electrons. The van der Waals surface area contributed by atoms with Crippen molar-refractivity contribution in [2.24, 2.45) is 0 Å². The minimum absolute atomic E-state index is 0.0945. The molecule has 1 N–H and O–H groups in total. The second-order valence-corrected chi connectivity index (χ2v) is 8.08. The van der Waals surface area contributed by atoms with Crippen LogP contribution in [0.5, 0.6) is 0 Å². The molecule has 0 aromatic carbocycles. The van der Waals surface area contributed by atoms with E-state index in [0.717, 1.165) is 37.0 Å². The van der Waals surface area contributed by atoms with Gasteiger partial charge in [-0.15, -0.1) is 11.3 Å². The van der Waals surface area contributed by atoms with Crippen LogP contribution in [-0.4, -0.2) is 40.8 Å². The van der Waals surface area contributed by atoms with Gasteiger partial charge in [-0.3, -0.25) is 14.6 Å². The zero-order valence-electron chi connectivity index (χ0n) is 16.0. The number of piperidine rings is 1. The molecule has 0 bridgehead atoms. The summed E-state index contributed by atoms with van der Waals surface area (Å²) < 4.78 is 0. The van der Waals surface area contributed by atoms with Crippen LogP contribution in [0.15, 0.2) is 30.6 Å². The monoisotopic (exact) mass is 385 g/mol. The Morgan fingerprint density at radius 2 is 2.07 bits per heavy atom. The van der Waals surface area contributed by atoms with Crippen molar-refractivity contribution in [1.82, 2.24) is 15.2 Å². The molecule has 2 aromatic heterocycles. The highest BCUT2D eigenvalue weighted by Crippen LogP contribution is 2.26. The highest BCUT2D eigenvalue weighted by atomic mass is 32.1.